The van der Waals surface area contributed by atoms with Crippen molar-refractivity contribution >= 4 is 5.97 Å². The molecule has 0 fully saturated rings. The lowest BCUT2D eigenvalue weighted by Crippen LogP contribution is -2.40. The molecule has 30 heavy (non-hydrogen) atoms. The summed E-state index contributed by atoms with van der Waals surface area (Å²) in [5.41, 5.74) is -1.77. The number of carbonyl (C=O) groups is 1. The van der Waals surface area contributed by atoms with Gasteiger partial charge in [0, 0.05) is 20.6 Å². The Morgan fingerprint density at radius 3 is 1.53 bits per heavy atom. The first-order valence-electron chi connectivity index (χ1n) is 12.4. The summed E-state index contributed by atoms with van der Waals surface area (Å²) >= 11 is 0. The molecule has 0 radical (unpaired) electrons. The van der Waals surface area contributed by atoms with E-state index < -0.39 is 11.6 Å². The van der Waals surface area contributed by atoms with Gasteiger partial charge in [-0.25, -0.2) is 4.39 Å². The fraction of sp³-hybridized carbons (Fsp3) is 0.960. The van der Waals surface area contributed by atoms with Gasteiger partial charge in [-0.05, 0) is 6.42 Å². The smallest absolute Gasteiger partial charge is 0.302 e. The van der Waals surface area contributed by atoms with Crippen LogP contribution < -0.4 is 0 Å². The third-order valence-electron chi connectivity index (χ3n) is 5.44. The number of ether oxygens (including phenoxy) is 3. The van der Waals surface area contributed by atoms with E-state index in [0.29, 0.717) is 6.61 Å². The van der Waals surface area contributed by atoms with Crippen molar-refractivity contribution in [3.63, 3.8) is 0 Å². The summed E-state index contributed by atoms with van der Waals surface area (Å²) in [4.78, 5) is 10.9. The lowest BCUT2D eigenvalue weighted by atomic mass is 10.0. The van der Waals surface area contributed by atoms with Crippen LogP contribution >= 0.6 is 0 Å². The Morgan fingerprint density at radius 1 is 0.700 bits per heavy atom. The van der Waals surface area contributed by atoms with Gasteiger partial charge in [0.05, 0.1) is 13.2 Å². The first kappa shape index (κ1) is 29.3. The average Bonchev–Trinajstić information content (AvgIpc) is 2.72. The van der Waals surface area contributed by atoms with Crippen LogP contribution in [0.2, 0.25) is 0 Å². The standard InChI is InChI=1S/C25H49FO4/c1-4-5-6-7-8-9-10-11-12-13-14-15-16-17-18-19-20-29-22-25(26,21-28-3)23-30-24(2)27/h4-23H2,1-3H3. The maximum Gasteiger partial charge on any atom is 0.302 e. The molecular weight excluding hydrogens is 383 g/mol. The molecule has 0 aromatic carbocycles. The van der Waals surface area contributed by atoms with Gasteiger partial charge in [-0.2, -0.15) is 0 Å². The Labute approximate surface area is 185 Å². The van der Waals surface area contributed by atoms with E-state index in [0.717, 1.165) is 12.8 Å². The van der Waals surface area contributed by atoms with Crippen molar-refractivity contribution in [2.24, 2.45) is 0 Å². The predicted molar refractivity (Wildman–Crippen MR) is 123 cm³/mol. The molecule has 0 amide bonds. The fourth-order valence-corrected chi connectivity index (χ4v) is 3.62. The van der Waals surface area contributed by atoms with E-state index in [4.69, 9.17) is 14.2 Å². The van der Waals surface area contributed by atoms with Crippen LogP contribution in [0.5, 0.6) is 0 Å². The Bertz CT molecular complexity index is 378. The minimum atomic E-state index is -1.77. The monoisotopic (exact) mass is 432 g/mol. The third-order valence-corrected chi connectivity index (χ3v) is 5.44. The molecule has 0 aliphatic heterocycles. The summed E-state index contributed by atoms with van der Waals surface area (Å²) < 4.78 is 29.6. The van der Waals surface area contributed by atoms with Crippen molar-refractivity contribution in [2.75, 3.05) is 33.5 Å². The molecule has 0 bridgehead atoms. The van der Waals surface area contributed by atoms with Gasteiger partial charge in [0.15, 0.2) is 5.67 Å². The van der Waals surface area contributed by atoms with Crippen molar-refractivity contribution in [2.45, 2.75) is 122 Å². The lowest BCUT2D eigenvalue weighted by molar-refractivity contribution is -0.150. The molecule has 0 aromatic heterocycles. The number of unbranched alkanes of at least 4 members (excludes halogenated alkanes) is 15. The number of hydrogen-bond donors (Lipinski definition) is 0. The molecule has 0 saturated carbocycles. The minimum absolute atomic E-state index is 0.104. The molecule has 0 heterocycles. The van der Waals surface area contributed by atoms with Crippen molar-refractivity contribution in [3.05, 3.63) is 0 Å². The van der Waals surface area contributed by atoms with E-state index in [-0.39, 0.29) is 19.8 Å². The summed E-state index contributed by atoms with van der Waals surface area (Å²) in [6.07, 6.45) is 21.2. The van der Waals surface area contributed by atoms with E-state index in [2.05, 4.69) is 6.92 Å². The molecule has 0 spiro atoms. The highest BCUT2D eigenvalue weighted by Gasteiger charge is 2.32. The summed E-state index contributed by atoms with van der Waals surface area (Å²) in [5, 5.41) is 0. The quantitative estimate of drug-likeness (QED) is 0.127. The van der Waals surface area contributed by atoms with Gasteiger partial charge < -0.3 is 14.2 Å². The van der Waals surface area contributed by atoms with Crippen molar-refractivity contribution in [3.8, 4) is 0 Å². The maximum atomic E-state index is 14.5. The predicted octanol–water partition coefficient (Wildman–Crippen LogP) is 7.18. The normalized spacial score (nSPS) is 13.3. The zero-order chi connectivity index (χ0) is 22.3. The highest BCUT2D eigenvalue weighted by Crippen LogP contribution is 2.15. The van der Waals surface area contributed by atoms with E-state index in [9.17, 15) is 9.18 Å². The van der Waals surface area contributed by atoms with Crippen LogP contribution in [0.1, 0.15) is 117 Å². The van der Waals surface area contributed by atoms with Crippen LogP contribution in [-0.4, -0.2) is 45.2 Å². The highest BCUT2D eigenvalue weighted by atomic mass is 19.1. The second-order valence-corrected chi connectivity index (χ2v) is 8.72. The van der Waals surface area contributed by atoms with Crippen LogP contribution in [0.25, 0.3) is 0 Å². The molecule has 0 aromatic rings. The maximum absolute atomic E-state index is 14.5. The van der Waals surface area contributed by atoms with E-state index in [1.54, 1.807) is 0 Å². The van der Waals surface area contributed by atoms with Gasteiger partial charge in [0.25, 0.3) is 0 Å². The highest BCUT2D eigenvalue weighted by molar-refractivity contribution is 5.65. The number of esters is 1. The molecule has 180 valence electrons. The largest absolute Gasteiger partial charge is 0.462 e. The van der Waals surface area contributed by atoms with Crippen LogP contribution in [-0.2, 0) is 19.0 Å². The van der Waals surface area contributed by atoms with Crippen LogP contribution in [0, 0.1) is 0 Å². The Hall–Kier alpha value is -0.680. The first-order valence-corrected chi connectivity index (χ1v) is 12.4. The molecule has 5 heteroatoms. The van der Waals surface area contributed by atoms with E-state index in [1.165, 1.54) is 104 Å². The number of carbonyl (C=O) groups excluding carboxylic acids is 1. The minimum Gasteiger partial charge on any atom is -0.462 e. The lowest BCUT2D eigenvalue weighted by Gasteiger charge is -2.23. The zero-order valence-corrected chi connectivity index (χ0v) is 20.2. The van der Waals surface area contributed by atoms with E-state index in [1.807, 2.05) is 0 Å². The molecule has 0 rings (SSSR count). The second kappa shape index (κ2) is 21.5. The van der Waals surface area contributed by atoms with Gasteiger partial charge in [-0.15, -0.1) is 0 Å². The van der Waals surface area contributed by atoms with Crippen molar-refractivity contribution in [1.82, 2.24) is 0 Å². The van der Waals surface area contributed by atoms with Crippen LogP contribution in [0.3, 0.4) is 0 Å². The molecule has 0 aliphatic rings. The third kappa shape index (κ3) is 20.6. The van der Waals surface area contributed by atoms with E-state index >= 15 is 0 Å². The number of hydrogen-bond acceptors (Lipinski definition) is 4. The molecular formula is C25H49FO4. The Morgan fingerprint density at radius 2 is 1.13 bits per heavy atom. The Balaban J connectivity index is 3.36. The molecule has 0 N–H and O–H groups in total. The van der Waals surface area contributed by atoms with Crippen molar-refractivity contribution in [1.29, 1.82) is 0 Å². The average molecular weight is 433 g/mol. The van der Waals surface area contributed by atoms with Gasteiger partial charge in [-0.1, -0.05) is 103 Å². The molecule has 0 aliphatic carbocycles. The summed E-state index contributed by atoms with van der Waals surface area (Å²) in [6, 6.07) is 0. The zero-order valence-electron chi connectivity index (χ0n) is 20.2. The number of halogens is 1. The molecule has 0 saturated heterocycles. The summed E-state index contributed by atoms with van der Waals surface area (Å²) in [5.74, 6) is -0.495. The van der Waals surface area contributed by atoms with Gasteiger partial charge >= 0.3 is 5.97 Å². The second-order valence-electron chi connectivity index (χ2n) is 8.72. The summed E-state index contributed by atoms with van der Waals surface area (Å²) in [6.45, 7) is 3.51. The number of alkyl halides is 1. The van der Waals surface area contributed by atoms with Crippen molar-refractivity contribution < 1.29 is 23.4 Å². The molecule has 4 nitrogen and oxygen atoms in total. The van der Waals surface area contributed by atoms with Gasteiger partial charge in [0.2, 0.25) is 0 Å². The van der Waals surface area contributed by atoms with Crippen LogP contribution in [0.15, 0.2) is 0 Å². The SMILES string of the molecule is CCCCCCCCCCCCCCCCCCOCC(F)(COC)COC(C)=O. The summed E-state index contributed by atoms with van der Waals surface area (Å²) in [7, 11) is 1.43. The number of rotatable bonds is 23. The van der Waals surface area contributed by atoms with Gasteiger partial charge in [0.1, 0.15) is 6.61 Å². The van der Waals surface area contributed by atoms with Crippen LogP contribution in [0.4, 0.5) is 4.39 Å². The first-order chi connectivity index (χ1) is 14.5. The van der Waals surface area contributed by atoms with Gasteiger partial charge in [-0.3, -0.25) is 4.79 Å². The molecule has 1 atom stereocenters. The number of methoxy groups -OCH3 is 1. The topological polar surface area (TPSA) is 44.8 Å². The molecule has 1 unspecified atom stereocenters. The Kier molecular flexibility index (Phi) is 21.1. The fourth-order valence-electron chi connectivity index (χ4n) is 3.62.